The second-order valence-corrected chi connectivity index (χ2v) is 5.16. The predicted octanol–water partition coefficient (Wildman–Crippen LogP) is 1.29. The second kappa shape index (κ2) is 5.10. The minimum Gasteiger partial charge on any atom is -0.453 e. The molecule has 0 unspecified atom stereocenters. The van der Waals surface area contributed by atoms with Crippen LogP contribution in [0, 0.1) is 6.92 Å². The highest BCUT2D eigenvalue weighted by Gasteiger charge is 2.17. The normalized spacial score (nSPS) is 10.9. The molecule has 0 N–H and O–H groups in total. The fourth-order valence-corrected chi connectivity index (χ4v) is 2.08. The zero-order chi connectivity index (χ0) is 14.1. The molecule has 3 aromatic heterocycles. The van der Waals surface area contributed by atoms with Gasteiger partial charge in [0.15, 0.2) is 0 Å². The van der Waals surface area contributed by atoms with Crippen LogP contribution < -0.4 is 0 Å². The Morgan fingerprint density at radius 3 is 3.10 bits per heavy atom. The number of rotatable bonds is 3. The summed E-state index contributed by atoms with van der Waals surface area (Å²) in [5.41, 5.74) is 1.22. The lowest BCUT2D eigenvalue weighted by molar-refractivity contribution is 0.0453. The van der Waals surface area contributed by atoms with Crippen molar-refractivity contribution in [3.05, 3.63) is 33.8 Å². The molecule has 0 aromatic carbocycles. The first-order chi connectivity index (χ1) is 9.65. The van der Waals surface area contributed by atoms with Gasteiger partial charge in [0.25, 0.3) is 11.6 Å². The van der Waals surface area contributed by atoms with E-state index in [1.165, 1.54) is 4.52 Å². The van der Waals surface area contributed by atoms with Gasteiger partial charge in [-0.3, -0.25) is 0 Å². The summed E-state index contributed by atoms with van der Waals surface area (Å²) in [4.78, 5) is 19.9. The fourth-order valence-electron chi connectivity index (χ4n) is 1.47. The number of halogens is 1. The average molecular weight is 311 g/mol. The number of hydrogen-bond acceptors (Lipinski definition) is 8. The van der Waals surface area contributed by atoms with E-state index in [1.807, 2.05) is 6.92 Å². The first-order valence-corrected chi connectivity index (χ1v) is 6.62. The molecule has 0 amide bonds. The van der Waals surface area contributed by atoms with E-state index >= 15 is 0 Å². The summed E-state index contributed by atoms with van der Waals surface area (Å²) >= 11 is 6.84. The molecule has 0 atom stereocenters. The monoisotopic (exact) mass is 310 g/mol. The van der Waals surface area contributed by atoms with Crippen LogP contribution in [0.2, 0.25) is 4.34 Å². The zero-order valence-corrected chi connectivity index (χ0v) is 11.7. The van der Waals surface area contributed by atoms with Gasteiger partial charge in [-0.15, -0.1) is 10.2 Å². The van der Waals surface area contributed by atoms with Crippen molar-refractivity contribution in [2.75, 3.05) is 0 Å². The Balaban J connectivity index is 1.79. The van der Waals surface area contributed by atoms with Gasteiger partial charge in [0.2, 0.25) is 0 Å². The van der Waals surface area contributed by atoms with Crippen molar-refractivity contribution < 1.29 is 9.53 Å². The van der Waals surface area contributed by atoms with Crippen molar-refractivity contribution in [2.24, 2.45) is 0 Å². The van der Waals surface area contributed by atoms with Gasteiger partial charge in [-0.2, -0.15) is 4.98 Å². The number of aryl methyl sites for hydroxylation is 1. The highest BCUT2D eigenvalue weighted by Crippen LogP contribution is 2.18. The first-order valence-electron chi connectivity index (χ1n) is 5.47. The number of carbonyl (C=O) groups is 1. The Morgan fingerprint density at radius 1 is 1.55 bits per heavy atom. The maximum atomic E-state index is 11.9. The summed E-state index contributed by atoms with van der Waals surface area (Å²) in [6.45, 7) is 1.76. The molecule has 0 radical (unpaired) electrons. The molecule has 102 valence electrons. The van der Waals surface area contributed by atoms with Crippen LogP contribution >= 0.6 is 23.1 Å². The third-order valence-corrected chi connectivity index (χ3v) is 3.45. The van der Waals surface area contributed by atoms with Crippen LogP contribution in [0.1, 0.15) is 22.0 Å². The number of carbonyl (C=O) groups excluding carboxylic acids is 1. The molecular formula is C10H7ClN6O2S. The maximum Gasteiger partial charge on any atom is 0.378 e. The van der Waals surface area contributed by atoms with Crippen LogP contribution in [0.25, 0.3) is 5.78 Å². The Morgan fingerprint density at radius 2 is 2.40 bits per heavy atom. The zero-order valence-electron chi connectivity index (χ0n) is 10.1. The van der Waals surface area contributed by atoms with Gasteiger partial charge in [0, 0.05) is 23.4 Å². The van der Waals surface area contributed by atoms with Crippen molar-refractivity contribution in [1.29, 1.82) is 0 Å². The summed E-state index contributed by atoms with van der Waals surface area (Å²) < 4.78 is 10.5. The van der Waals surface area contributed by atoms with E-state index in [2.05, 4.69) is 24.7 Å². The summed E-state index contributed by atoms with van der Waals surface area (Å²) in [5.74, 6) is -0.393. The first kappa shape index (κ1) is 12.9. The number of hydrogen-bond donors (Lipinski definition) is 0. The summed E-state index contributed by atoms with van der Waals surface area (Å²) in [5, 5.41) is 7.78. The molecule has 20 heavy (non-hydrogen) atoms. The molecule has 0 saturated heterocycles. The molecule has 0 saturated carbocycles. The van der Waals surface area contributed by atoms with Gasteiger partial charge in [-0.25, -0.2) is 14.3 Å². The van der Waals surface area contributed by atoms with E-state index < -0.39 is 5.97 Å². The van der Waals surface area contributed by atoms with Gasteiger partial charge in [-0.05, 0) is 13.0 Å². The third kappa shape index (κ3) is 2.32. The van der Waals surface area contributed by atoms with Crippen molar-refractivity contribution in [3.63, 3.8) is 0 Å². The highest BCUT2D eigenvalue weighted by atomic mass is 35.5. The Labute approximate surface area is 121 Å². The van der Waals surface area contributed by atoms with Crippen molar-refractivity contribution in [3.8, 4) is 0 Å². The molecule has 0 aliphatic carbocycles. The molecule has 0 aliphatic rings. The summed E-state index contributed by atoms with van der Waals surface area (Å²) in [7, 11) is 0. The van der Waals surface area contributed by atoms with Crippen molar-refractivity contribution in [2.45, 2.75) is 13.5 Å². The predicted molar refractivity (Wildman–Crippen MR) is 69.6 cm³/mol. The molecule has 0 aliphatic heterocycles. The lowest BCUT2D eigenvalue weighted by Gasteiger charge is -1.98. The van der Waals surface area contributed by atoms with E-state index in [0.29, 0.717) is 15.8 Å². The minimum atomic E-state index is -0.668. The third-order valence-electron chi connectivity index (χ3n) is 2.46. The van der Waals surface area contributed by atoms with Gasteiger partial charge >= 0.3 is 5.97 Å². The van der Waals surface area contributed by atoms with E-state index in [0.717, 1.165) is 17.2 Å². The van der Waals surface area contributed by atoms with E-state index in [1.54, 1.807) is 12.3 Å². The largest absolute Gasteiger partial charge is 0.453 e. The highest BCUT2D eigenvalue weighted by molar-refractivity contribution is 7.10. The number of esters is 1. The van der Waals surface area contributed by atoms with E-state index in [-0.39, 0.29) is 12.4 Å². The molecule has 3 rings (SSSR count). The molecule has 0 spiro atoms. The molecule has 8 nitrogen and oxygen atoms in total. The fraction of sp³-hybridized carbons (Fsp3) is 0.200. The molecule has 0 fully saturated rings. The average Bonchev–Trinajstić information content (AvgIpc) is 3.03. The van der Waals surface area contributed by atoms with Crippen LogP contribution in [-0.4, -0.2) is 35.1 Å². The molecule has 3 aromatic rings. The van der Waals surface area contributed by atoms with Crippen LogP contribution in [0.4, 0.5) is 0 Å². The standard InChI is InChI=1S/C10H7ClN6O2S/c1-5-2-3-12-10-13-8(15-17(5)10)9(18)19-4-6-7(11)20-16-14-6/h2-3H,4H2,1H3. The van der Waals surface area contributed by atoms with Gasteiger partial charge < -0.3 is 4.74 Å². The Bertz CT molecular complexity index is 785. The van der Waals surface area contributed by atoms with Crippen molar-refractivity contribution >= 4 is 34.9 Å². The van der Waals surface area contributed by atoms with Crippen molar-refractivity contribution in [1.82, 2.24) is 29.2 Å². The topological polar surface area (TPSA) is 95.2 Å². The summed E-state index contributed by atoms with van der Waals surface area (Å²) in [6.07, 6.45) is 1.59. The smallest absolute Gasteiger partial charge is 0.378 e. The number of aromatic nitrogens is 6. The van der Waals surface area contributed by atoms with E-state index in [4.69, 9.17) is 16.3 Å². The number of nitrogens with zero attached hydrogens (tertiary/aromatic N) is 6. The molecule has 10 heteroatoms. The van der Waals surface area contributed by atoms with Crippen LogP contribution in [0.15, 0.2) is 12.3 Å². The van der Waals surface area contributed by atoms with Crippen LogP contribution in [0.5, 0.6) is 0 Å². The van der Waals surface area contributed by atoms with Gasteiger partial charge in [0.1, 0.15) is 16.6 Å². The lowest BCUT2D eigenvalue weighted by atomic mass is 10.5. The van der Waals surface area contributed by atoms with Crippen LogP contribution in [0.3, 0.4) is 0 Å². The van der Waals surface area contributed by atoms with Gasteiger partial charge in [0.05, 0.1) is 0 Å². The summed E-state index contributed by atoms with van der Waals surface area (Å²) in [6, 6.07) is 1.76. The lowest BCUT2D eigenvalue weighted by Crippen LogP contribution is -2.08. The van der Waals surface area contributed by atoms with Gasteiger partial charge in [-0.1, -0.05) is 16.1 Å². The quantitative estimate of drug-likeness (QED) is 0.673. The molecule has 0 bridgehead atoms. The van der Waals surface area contributed by atoms with Crippen LogP contribution in [-0.2, 0) is 11.3 Å². The Hall–Kier alpha value is -2.13. The molecular weight excluding hydrogens is 304 g/mol. The Kier molecular flexibility index (Phi) is 3.28. The maximum absolute atomic E-state index is 11.9. The number of fused-ring (bicyclic) bond motifs is 1. The minimum absolute atomic E-state index is 0.0638. The second-order valence-electron chi connectivity index (χ2n) is 3.80. The van der Waals surface area contributed by atoms with E-state index in [9.17, 15) is 4.79 Å². The SMILES string of the molecule is Cc1ccnc2nc(C(=O)OCc3nnsc3Cl)nn12. The molecule has 3 heterocycles. The number of ether oxygens (including phenoxy) is 1.